The lowest BCUT2D eigenvalue weighted by Crippen LogP contribution is -2.47. The molecule has 0 saturated carbocycles. The molecule has 1 aliphatic rings. The molecule has 24 heavy (non-hydrogen) atoms. The van der Waals surface area contributed by atoms with Crippen LogP contribution in [-0.4, -0.2) is 56.1 Å². The molecule has 4 rings (SSSR count). The summed E-state index contributed by atoms with van der Waals surface area (Å²) in [7, 11) is 4.00. The summed E-state index contributed by atoms with van der Waals surface area (Å²) in [5.41, 5.74) is 0.855. The molecular weight excluding hydrogens is 304 g/mol. The first kappa shape index (κ1) is 14.8. The molecule has 3 aromatic rings. The first-order chi connectivity index (χ1) is 11.7. The molecule has 0 radical (unpaired) electrons. The molecule has 1 saturated heterocycles. The fraction of sp³-hybridized carbons (Fsp3) is 0.438. The van der Waals surface area contributed by atoms with Crippen molar-refractivity contribution in [3.05, 3.63) is 30.9 Å². The molecule has 4 heterocycles. The van der Waals surface area contributed by atoms with E-state index in [1.807, 2.05) is 25.4 Å². The minimum atomic E-state index is 0.360. The molecule has 1 aliphatic heterocycles. The first-order valence-corrected chi connectivity index (χ1v) is 8.12. The SMILES string of the molecule is CN(c1ncnc2c1cnn2C)[C@H]1CCCN(c2cccnn2)C1. The largest absolute Gasteiger partial charge is 0.354 e. The minimum Gasteiger partial charge on any atom is -0.354 e. The van der Waals surface area contributed by atoms with Gasteiger partial charge in [0.1, 0.15) is 12.1 Å². The molecule has 8 heteroatoms. The second kappa shape index (κ2) is 6.03. The molecule has 124 valence electrons. The van der Waals surface area contributed by atoms with Crippen LogP contribution in [0.15, 0.2) is 30.9 Å². The maximum atomic E-state index is 4.51. The normalized spacial score (nSPS) is 18.1. The Kier molecular flexibility index (Phi) is 3.72. The number of anilines is 2. The molecule has 0 aliphatic carbocycles. The van der Waals surface area contributed by atoms with Crippen molar-refractivity contribution in [2.75, 3.05) is 29.9 Å². The average Bonchev–Trinajstić information content (AvgIpc) is 3.03. The lowest BCUT2D eigenvalue weighted by molar-refractivity contribution is 0.483. The summed E-state index contributed by atoms with van der Waals surface area (Å²) in [4.78, 5) is 13.4. The van der Waals surface area contributed by atoms with E-state index < -0.39 is 0 Å². The molecule has 1 fully saturated rings. The van der Waals surface area contributed by atoms with Gasteiger partial charge in [-0.05, 0) is 25.0 Å². The highest BCUT2D eigenvalue weighted by atomic mass is 15.3. The zero-order valence-electron chi connectivity index (χ0n) is 13.9. The van der Waals surface area contributed by atoms with Gasteiger partial charge in [0.05, 0.1) is 11.6 Å². The van der Waals surface area contributed by atoms with Crippen LogP contribution in [0.1, 0.15) is 12.8 Å². The maximum absolute atomic E-state index is 4.51. The number of rotatable bonds is 3. The number of piperidine rings is 1. The van der Waals surface area contributed by atoms with E-state index in [4.69, 9.17) is 0 Å². The second-order valence-corrected chi connectivity index (χ2v) is 6.14. The van der Waals surface area contributed by atoms with E-state index in [-0.39, 0.29) is 0 Å². The van der Waals surface area contributed by atoms with E-state index in [0.29, 0.717) is 6.04 Å². The van der Waals surface area contributed by atoms with Crippen LogP contribution in [0.25, 0.3) is 11.0 Å². The standard InChI is InChI=1S/C16H20N8/c1-22(15-13-9-20-23(2)16(13)18-11-17-15)12-5-4-8-24(10-12)14-6-3-7-19-21-14/h3,6-7,9,11-12H,4-5,8,10H2,1-2H3/t12-/m0/s1. The molecule has 0 bridgehead atoms. The van der Waals surface area contributed by atoms with Gasteiger partial charge in [0.25, 0.3) is 0 Å². The summed E-state index contributed by atoms with van der Waals surface area (Å²) in [6.07, 6.45) is 7.40. The van der Waals surface area contributed by atoms with Gasteiger partial charge in [-0.25, -0.2) is 9.97 Å². The van der Waals surface area contributed by atoms with Crippen LogP contribution in [0.5, 0.6) is 0 Å². The van der Waals surface area contributed by atoms with Crippen LogP contribution in [0.4, 0.5) is 11.6 Å². The number of hydrogen-bond acceptors (Lipinski definition) is 7. The van der Waals surface area contributed by atoms with Crippen molar-refractivity contribution >= 4 is 22.7 Å². The lowest BCUT2D eigenvalue weighted by atomic mass is 10.0. The lowest BCUT2D eigenvalue weighted by Gasteiger charge is -2.38. The van der Waals surface area contributed by atoms with Gasteiger partial charge in [0.2, 0.25) is 0 Å². The molecule has 0 spiro atoms. The van der Waals surface area contributed by atoms with E-state index in [1.165, 1.54) is 0 Å². The van der Waals surface area contributed by atoms with Gasteiger partial charge in [-0.2, -0.15) is 10.2 Å². The molecule has 0 amide bonds. The Morgan fingerprint density at radius 3 is 3.04 bits per heavy atom. The third-order valence-electron chi connectivity index (χ3n) is 4.67. The van der Waals surface area contributed by atoms with Gasteiger partial charge in [0, 0.05) is 39.4 Å². The highest BCUT2D eigenvalue weighted by molar-refractivity contribution is 5.86. The third kappa shape index (κ3) is 2.53. The van der Waals surface area contributed by atoms with E-state index in [0.717, 1.165) is 48.6 Å². The van der Waals surface area contributed by atoms with Gasteiger partial charge < -0.3 is 9.80 Å². The summed E-state index contributed by atoms with van der Waals surface area (Å²) in [6.45, 7) is 1.91. The van der Waals surface area contributed by atoms with E-state index >= 15 is 0 Å². The summed E-state index contributed by atoms with van der Waals surface area (Å²) < 4.78 is 1.78. The van der Waals surface area contributed by atoms with Crippen LogP contribution in [0, 0.1) is 0 Å². The summed E-state index contributed by atoms with van der Waals surface area (Å²) >= 11 is 0. The van der Waals surface area contributed by atoms with E-state index in [2.05, 4.69) is 42.1 Å². The predicted octanol–water partition coefficient (Wildman–Crippen LogP) is 1.26. The van der Waals surface area contributed by atoms with Crippen LogP contribution in [0.3, 0.4) is 0 Å². The van der Waals surface area contributed by atoms with Gasteiger partial charge >= 0.3 is 0 Å². The van der Waals surface area contributed by atoms with Crippen LogP contribution >= 0.6 is 0 Å². The van der Waals surface area contributed by atoms with Crippen molar-refractivity contribution in [3.63, 3.8) is 0 Å². The Labute approximate surface area is 140 Å². The van der Waals surface area contributed by atoms with Crippen molar-refractivity contribution in [1.82, 2.24) is 29.9 Å². The van der Waals surface area contributed by atoms with Gasteiger partial charge in [-0.3, -0.25) is 4.68 Å². The van der Waals surface area contributed by atoms with E-state index in [9.17, 15) is 0 Å². The quantitative estimate of drug-likeness (QED) is 0.718. The topological polar surface area (TPSA) is 75.9 Å². The monoisotopic (exact) mass is 324 g/mol. The van der Waals surface area contributed by atoms with Crippen molar-refractivity contribution in [2.45, 2.75) is 18.9 Å². The zero-order chi connectivity index (χ0) is 16.5. The van der Waals surface area contributed by atoms with Crippen molar-refractivity contribution < 1.29 is 0 Å². The molecule has 8 nitrogen and oxygen atoms in total. The predicted molar refractivity (Wildman–Crippen MR) is 92.0 cm³/mol. The molecule has 0 unspecified atom stereocenters. The van der Waals surface area contributed by atoms with Crippen LogP contribution in [0.2, 0.25) is 0 Å². The van der Waals surface area contributed by atoms with Gasteiger partial charge in [0.15, 0.2) is 11.5 Å². The Morgan fingerprint density at radius 1 is 1.29 bits per heavy atom. The number of aryl methyl sites for hydroxylation is 1. The molecule has 0 aromatic carbocycles. The van der Waals surface area contributed by atoms with E-state index in [1.54, 1.807) is 17.2 Å². The summed E-state index contributed by atoms with van der Waals surface area (Å²) in [6, 6.07) is 4.30. The van der Waals surface area contributed by atoms with Crippen molar-refractivity contribution in [3.8, 4) is 0 Å². The van der Waals surface area contributed by atoms with Gasteiger partial charge in [-0.1, -0.05) is 0 Å². The smallest absolute Gasteiger partial charge is 0.163 e. The van der Waals surface area contributed by atoms with Crippen molar-refractivity contribution in [2.24, 2.45) is 7.05 Å². The number of fused-ring (bicyclic) bond motifs is 1. The van der Waals surface area contributed by atoms with Crippen LogP contribution in [-0.2, 0) is 7.05 Å². The number of hydrogen-bond donors (Lipinski definition) is 0. The number of aromatic nitrogens is 6. The Bertz CT molecular complexity index is 830. The zero-order valence-corrected chi connectivity index (χ0v) is 13.9. The first-order valence-electron chi connectivity index (χ1n) is 8.12. The molecule has 1 atom stereocenters. The fourth-order valence-corrected chi connectivity index (χ4v) is 3.34. The van der Waals surface area contributed by atoms with Gasteiger partial charge in [-0.15, -0.1) is 5.10 Å². The molecule has 0 N–H and O–H groups in total. The highest BCUT2D eigenvalue weighted by Crippen LogP contribution is 2.27. The summed E-state index contributed by atoms with van der Waals surface area (Å²) in [5, 5.41) is 13.5. The Hall–Kier alpha value is -2.77. The Morgan fingerprint density at radius 2 is 2.21 bits per heavy atom. The average molecular weight is 324 g/mol. The number of nitrogens with zero attached hydrogens (tertiary/aromatic N) is 8. The van der Waals surface area contributed by atoms with Crippen LogP contribution < -0.4 is 9.80 Å². The summed E-state index contributed by atoms with van der Waals surface area (Å²) in [5.74, 6) is 1.86. The maximum Gasteiger partial charge on any atom is 0.163 e. The minimum absolute atomic E-state index is 0.360. The Balaban J connectivity index is 1.60. The molecular formula is C16H20N8. The van der Waals surface area contributed by atoms with Crippen molar-refractivity contribution in [1.29, 1.82) is 0 Å². The molecule has 3 aromatic heterocycles. The fourth-order valence-electron chi connectivity index (χ4n) is 3.34. The third-order valence-corrected chi connectivity index (χ3v) is 4.67. The number of likely N-dealkylation sites (N-methyl/N-ethyl adjacent to an activating group) is 1. The highest BCUT2D eigenvalue weighted by Gasteiger charge is 2.26. The second-order valence-electron chi connectivity index (χ2n) is 6.14.